The lowest BCUT2D eigenvalue weighted by Gasteiger charge is -2.24. The smallest absolute Gasteiger partial charge is 0.330 e. The van der Waals surface area contributed by atoms with Gasteiger partial charge < -0.3 is 14.7 Å². The van der Waals surface area contributed by atoms with E-state index in [0.29, 0.717) is 25.8 Å². The molecule has 1 aliphatic heterocycles. The molecule has 1 unspecified atom stereocenters. The van der Waals surface area contributed by atoms with Crippen molar-refractivity contribution in [2.45, 2.75) is 212 Å². The maximum Gasteiger partial charge on any atom is 0.330 e. The summed E-state index contributed by atoms with van der Waals surface area (Å²) in [7, 11) is 0. The Bertz CT molecular complexity index is 696. The zero-order valence-electron chi connectivity index (χ0n) is 28.4. The summed E-state index contributed by atoms with van der Waals surface area (Å²) in [5, 5.41) is 9.81. The van der Waals surface area contributed by atoms with Gasteiger partial charge in [0.1, 0.15) is 6.10 Å². The fourth-order valence-electron chi connectivity index (χ4n) is 6.41. The monoisotopic (exact) mass is 608 g/mol. The van der Waals surface area contributed by atoms with Crippen molar-refractivity contribution in [1.82, 2.24) is 4.90 Å². The first-order chi connectivity index (χ1) is 21.0. The third-order valence-corrected chi connectivity index (χ3v) is 9.18. The van der Waals surface area contributed by atoms with Gasteiger partial charge in [0.25, 0.3) is 0 Å². The average molecular weight is 608 g/mol. The van der Waals surface area contributed by atoms with E-state index < -0.39 is 18.1 Å². The van der Waals surface area contributed by atoms with Crippen molar-refractivity contribution in [1.29, 1.82) is 0 Å². The number of carboxylic acids is 1. The Balaban J connectivity index is 2.09. The summed E-state index contributed by atoms with van der Waals surface area (Å²) in [6.07, 6.45) is 32.8. The van der Waals surface area contributed by atoms with Crippen LogP contribution in [0.1, 0.15) is 200 Å². The fraction of sp³-hybridized carbons (Fsp3) is 0.919. The second-order valence-electron chi connectivity index (χ2n) is 13.2. The van der Waals surface area contributed by atoms with Crippen LogP contribution in [0.2, 0.25) is 0 Å². The van der Waals surface area contributed by atoms with Gasteiger partial charge in [-0.1, -0.05) is 168 Å². The topological polar surface area (TPSA) is 83.9 Å². The molecule has 1 N–H and O–H groups in total. The molecule has 0 aromatic heterocycles. The average Bonchev–Trinajstić information content (AvgIpc) is 3.41. The van der Waals surface area contributed by atoms with Crippen LogP contribution in [0.25, 0.3) is 0 Å². The summed E-state index contributed by atoms with van der Waals surface area (Å²) in [5.41, 5.74) is 0. The minimum atomic E-state index is -1.07. The largest absolute Gasteiger partial charge is 0.480 e. The van der Waals surface area contributed by atoms with Crippen LogP contribution in [0.5, 0.6) is 0 Å². The van der Waals surface area contributed by atoms with Crippen LogP contribution in [0, 0.1) is 0 Å². The van der Waals surface area contributed by atoms with E-state index in [0.717, 1.165) is 38.5 Å². The maximum absolute atomic E-state index is 12.8. The highest BCUT2D eigenvalue weighted by Gasteiger charge is 2.43. The van der Waals surface area contributed by atoms with Crippen LogP contribution in [0.15, 0.2) is 0 Å². The molecule has 1 heterocycles. The predicted octanol–water partition coefficient (Wildman–Crippen LogP) is 10.5. The molecule has 0 aromatic carbocycles. The van der Waals surface area contributed by atoms with E-state index in [1.165, 1.54) is 133 Å². The molecule has 1 saturated heterocycles. The van der Waals surface area contributed by atoms with Crippen molar-refractivity contribution < 1.29 is 24.2 Å². The highest BCUT2D eigenvalue weighted by atomic mass is 16.5. The van der Waals surface area contributed by atoms with Crippen molar-refractivity contribution in [3.05, 3.63) is 0 Å². The number of unbranched alkanes of at least 4 members (excludes halogenated alkanes) is 24. The summed E-state index contributed by atoms with van der Waals surface area (Å²) in [5.74, 6) is -1.52. The number of amides is 1. The molecular weight excluding hydrogens is 538 g/mol. The van der Waals surface area contributed by atoms with Gasteiger partial charge in [0, 0.05) is 25.8 Å². The minimum absolute atomic E-state index is 0.120. The predicted molar refractivity (Wildman–Crippen MR) is 178 cm³/mol. The van der Waals surface area contributed by atoms with Crippen LogP contribution in [-0.2, 0) is 19.1 Å². The van der Waals surface area contributed by atoms with Crippen LogP contribution in [-0.4, -0.2) is 46.5 Å². The number of nitrogens with zero attached hydrogens (tertiary/aromatic N) is 1. The van der Waals surface area contributed by atoms with Crippen molar-refractivity contribution in [3.8, 4) is 0 Å². The molecule has 6 nitrogen and oxygen atoms in total. The number of hydrogen-bond donors (Lipinski definition) is 1. The fourth-order valence-corrected chi connectivity index (χ4v) is 6.41. The van der Waals surface area contributed by atoms with Gasteiger partial charge in [-0.3, -0.25) is 9.59 Å². The van der Waals surface area contributed by atoms with Gasteiger partial charge in [0.2, 0.25) is 5.91 Å². The normalized spacial score (nSPS) is 16.6. The van der Waals surface area contributed by atoms with Gasteiger partial charge in [-0.05, 0) is 12.8 Å². The lowest BCUT2D eigenvalue weighted by atomic mass is 10.0. The second-order valence-corrected chi connectivity index (χ2v) is 13.2. The van der Waals surface area contributed by atoms with E-state index in [9.17, 15) is 19.5 Å². The van der Waals surface area contributed by atoms with Gasteiger partial charge in [-0.15, -0.1) is 0 Å². The Hall–Kier alpha value is -1.59. The molecular formula is C37H69NO5. The number of ether oxygens (including phenoxy) is 1. The minimum Gasteiger partial charge on any atom is -0.480 e. The molecule has 2 atom stereocenters. The summed E-state index contributed by atoms with van der Waals surface area (Å²) >= 11 is 0. The lowest BCUT2D eigenvalue weighted by Crippen LogP contribution is -2.46. The number of rotatable bonds is 30. The Morgan fingerprint density at radius 2 is 0.907 bits per heavy atom. The van der Waals surface area contributed by atoms with E-state index in [-0.39, 0.29) is 11.9 Å². The molecule has 1 aliphatic rings. The third kappa shape index (κ3) is 20.9. The van der Waals surface area contributed by atoms with E-state index in [1.807, 2.05) is 0 Å². The van der Waals surface area contributed by atoms with Crippen LogP contribution < -0.4 is 0 Å². The molecule has 0 aliphatic carbocycles. The quantitative estimate of drug-likeness (QED) is 0.0648. The zero-order valence-corrected chi connectivity index (χ0v) is 28.4. The first-order valence-electron chi connectivity index (χ1n) is 18.7. The second kappa shape index (κ2) is 27.9. The Morgan fingerprint density at radius 3 is 1.28 bits per heavy atom. The molecule has 0 aromatic rings. The maximum atomic E-state index is 12.8. The molecule has 0 saturated carbocycles. The number of carbonyl (C=O) groups is 3. The highest BCUT2D eigenvalue weighted by Crippen LogP contribution is 2.24. The molecule has 0 spiro atoms. The van der Waals surface area contributed by atoms with E-state index in [1.54, 1.807) is 0 Å². The van der Waals surface area contributed by atoms with Crippen molar-refractivity contribution >= 4 is 17.8 Å². The highest BCUT2D eigenvalue weighted by molar-refractivity contribution is 5.85. The van der Waals surface area contributed by atoms with E-state index in [4.69, 9.17) is 4.74 Å². The van der Waals surface area contributed by atoms with Crippen LogP contribution in [0.4, 0.5) is 0 Å². The first kappa shape index (κ1) is 39.4. The summed E-state index contributed by atoms with van der Waals surface area (Å²) < 4.78 is 5.58. The van der Waals surface area contributed by atoms with Gasteiger partial charge in [0.05, 0.1) is 0 Å². The van der Waals surface area contributed by atoms with Crippen molar-refractivity contribution in [3.63, 3.8) is 0 Å². The summed E-state index contributed by atoms with van der Waals surface area (Å²) in [6.45, 7) is 4.86. The molecule has 0 radical (unpaired) electrons. The zero-order chi connectivity index (χ0) is 31.4. The molecule has 1 amide bonds. The molecule has 0 bridgehead atoms. The molecule has 6 heteroatoms. The van der Waals surface area contributed by atoms with E-state index >= 15 is 0 Å². The van der Waals surface area contributed by atoms with Crippen molar-refractivity contribution in [2.75, 3.05) is 6.54 Å². The summed E-state index contributed by atoms with van der Waals surface area (Å²) in [6, 6.07) is -1.05. The molecule has 252 valence electrons. The standard InChI is InChI=1S/C37H69NO5/c1-3-5-7-9-11-13-15-17-19-21-23-25-27-29-34(39)38-32-31-33(36(38)37(41)42)43-35(40)30-28-26-24-22-20-18-16-14-12-10-8-6-4-2/h33,36H,3-32H2,1-2H3,(H,41,42)/t33?,36-/m0/s1. The van der Waals surface area contributed by atoms with Crippen molar-refractivity contribution in [2.24, 2.45) is 0 Å². The summed E-state index contributed by atoms with van der Waals surface area (Å²) in [4.78, 5) is 38.7. The number of carboxylic acid groups (broad SMARTS) is 1. The third-order valence-electron chi connectivity index (χ3n) is 9.18. The molecule has 1 rings (SSSR count). The van der Waals surface area contributed by atoms with E-state index in [2.05, 4.69) is 13.8 Å². The number of carbonyl (C=O) groups excluding carboxylic acids is 2. The molecule has 1 fully saturated rings. The number of aliphatic carboxylic acids is 1. The van der Waals surface area contributed by atoms with Crippen LogP contribution in [0.3, 0.4) is 0 Å². The lowest BCUT2D eigenvalue weighted by molar-refractivity contribution is -0.159. The van der Waals surface area contributed by atoms with Crippen LogP contribution >= 0.6 is 0 Å². The number of likely N-dealkylation sites (tertiary alicyclic amines) is 1. The first-order valence-corrected chi connectivity index (χ1v) is 18.7. The number of hydrogen-bond acceptors (Lipinski definition) is 4. The van der Waals surface area contributed by atoms with Gasteiger partial charge in [-0.2, -0.15) is 0 Å². The Kier molecular flexibility index (Phi) is 25.6. The number of esters is 1. The van der Waals surface area contributed by atoms with Gasteiger partial charge in [0.15, 0.2) is 6.04 Å². The van der Waals surface area contributed by atoms with Gasteiger partial charge >= 0.3 is 11.9 Å². The SMILES string of the molecule is CCCCCCCCCCCCCCCC(=O)OC1CCN(C(=O)CCCCCCCCCCCCCCC)[C@@H]1C(=O)O. The molecule has 43 heavy (non-hydrogen) atoms. The Morgan fingerprint density at radius 1 is 0.558 bits per heavy atom. The Labute approximate surface area is 265 Å². The van der Waals surface area contributed by atoms with Gasteiger partial charge in [-0.25, -0.2) is 4.79 Å².